The minimum Gasteiger partial charge on any atom is -0.352 e. The molecule has 2 aromatic carbocycles. The van der Waals surface area contributed by atoms with Crippen molar-refractivity contribution < 1.29 is 22.9 Å². The van der Waals surface area contributed by atoms with Crippen LogP contribution in [-0.4, -0.2) is 54.9 Å². The number of carbonyl (C=O) groups is 2. The van der Waals surface area contributed by atoms with Crippen molar-refractivity contribution >= 4 is 44.8 Å². The van der Waals surface area contributed by atoms with Gasteiger partial charge in [0.2, 0.25) is 21.8 Å². The topological polar surface area (TPSA) is 130 Å². The number of nitro benzene ring substituents is 1. The standard InChI is InChI=1S/C24H29ClN4O6S/c1-17(24(31)26-20-9-3-4-10-20)27(15-18-7-5-8-19(25)13-18)23(30)16-28(36(2,34)35)21-11-6-12-22(14-21)29(32)33/h5-8,11-14,17,20H,3-4,9-10,15-16H2,1-2H3,(H,26,31)/t17-/m1/s1. The molecule has 1 aliphatic carbocycles. The van der Waals surface area contributed by atoms with E-state index in [0.717, 1.165) is 42.3 Å². The molecule has 1 N–H and O–H groups in total. The summed E-state index contributed by atoms with van der Waals surface area (Å²) in [6, 6.07) is 11.0. The Balaban J connectivity index is 1.90. The van der Waals surface area contributed by atoms with Crippen LogP contribution in [0.3, 0.4) is 0 Å². The Hall–Kier alpha value is -3.18. The summed E-state index contributed by atoms with van der Waals surface area (Å²) in [6.45, 7) is 0.970. The van der Waals surface area contributed by atoms with Gasteiger partial charge in [0, 0.05) is 29.7 Å². The average molecular weight is 537 g/mol. The van der Waals surface area contributed by atoms with Crippen LogP contribution in [0.15, 0.2) is 48.5 Å². The molecule has 12 heteroatoms. The molecular weight excluding hydrogens is 508 g/mol. The van der Waals surface area contributed by atoms with Crippen molar-refractivity contribution in [3.63, 3.8) is 0 Å². The number of rotatable bonds is 10. The zero-order chi connectivity index (χ0) is 26.5. The smallest absolute Gasteiger partial charge is 0.271 e. The highest BCUT2D eigenvalue weighted by molar-refractivity contribution is 7.92. The second kappa shape index (κ2) is 11.7. The van der Waals surface area contributed by atoms with E-state index in [-0.39, 0.29) is 29.9 Å². The average Bonchev–Trinajstić information content (AvgIpc) is 3.32. The number of nitrogens with zero attached hydrogens (tertiary/aromatic N) is 3. The lowest BCUT2D eigenvalue weighted by molar-refractivity contribution is -0.384. The van der Waals surface area contributed by atoms with Crippen LogP contribution in [0.5, 0.6) is 0 Å². The van der Waals surface area contributed by atoms with E-state index in [1.165, 1.54) is 23.1 Å². The minimum absolute atomic E-state index is 0.0190. The lowest BCUT2D eigenvalue weighted by Crippen LogP contribution is -2.52. The summed E-state index contributed by atoms with van der Waals surface area (Å²) in [4.78, 5) is 38.4. The van der Waals surface area contributed by atoms with E-state index in [9.17, 15) is 28.1 Å². The van der Waals surface area contributed by atoms with E-state index in [2.05, 4.69) is 5.32 Å². The highest BCUT2D eigenvalue weighted by Gasteiger charge is 2.31. The van der Waals surface area contributed by atoms with E-state index in [0.29, 0.717) is 10.6 Å². The Morgan fingerprint density at radius 2 is 1.83 bits per heavy atom. The van der Waals surface area contributed by atoms with Gasteiger partial charge in [0.1, 0.15) is 12.6 Å². The molecule has 194 valence electrons. The van der Waals surface area contributed by atoms with Crippen LogP contribution in [0.1, 0.15) is 38.2 Å². The molecule has 0 aliphatic heterocycles. The number of benzene rings is 2. The lowest BCUT2D eigenvalue weighted by atomic mass is 10.1. The van der Waals surface area contributed by atoms with E-state index in [1.54, 1.807) is 31.2 Å². The third kappa shape index (κ3) is 7.17. The number of anilines is 1. The zero-order valence-corrected chi connectivity index (χ0v) is 21.7. The molecule has 1 atom stereocenters. The molecule has 0 unspecified atom stereocenters. The zero-order valence-electron chi connectivity index (χ0n) is 20.1. The first-order valence-electron chi connectivity index (χ1n) is 11.5. The summed E-state index contributed by atoms with van der Waals surface area (Å²) in [5, 5.41) is 14.6. The summed E-state index contributed by atoms with van der Waals surface area (Å²) in [5.41, 5.74) is 0.331. The van der Waals surface area contributed by atoms with E-state index >= 15 is 0 Å². The number of halogens is 1. The number of carbonyl (C=O) groups excluding carboxylic acids is 2. The molecule has 2 aromatic rings. The van der Waals surface area contributed by atoms with Crippen LogP contribution in [0.2, 0.25) is 5.02 Å². The largest absolute Gasteiger partial charge is 0.352 e. The van der Waals surface area contributed by atoms with Crippen molar-refractivity contribution in [1.29, 1.82) is 0 Å². The molecule has 0 spiro atoms. The second-order valence-electron chi connectivity index (χ2n) is 8.86. The van der Waals surface area contributed by atoms with Gasteiger partial charge in [0.05, 0.1) is 16.9 Å². The Bertz CT molecular complexity index is 1230. The van der Waals surface area contributed by atoms with Gasteiger partial charge in [0.25, 0.3) is 5.69 Å². The Morgan fingerprint density at radius 3 is 2.44 bits per heavy atom. The summed E-state index contributed by atoms with van der Waals surface area (Å²) >= 11 is 6.10. The van der Waals surface area contributed by atoms with Crippen LogP contribution in [0.25, 0.3) is 0 Å². The third-order valence-electron chi connectivity index (χ3n) is 6.12. The normalized spacial score (nSPS) is 14.8. The number of hydrogen-bond acceptors (Lipinski definition) is 6. The minimum atomic E-state index is -3.99. The van der Waals surface area contributed by atoms with Crippen LogP contribution >= 0.6 is 11.6 Å². The van der Waals surface area contributed by atoms with Gasteiger partial charge in [-0.15, -0.1) is 0 Å². The van der Waals surface area contributed by atoms with E-state index in [4.69, 9.17) is 11.6 Å². The fraction of sp³-hybridized carbons (Fsp3) is 0.417. The summed E-state index contributed by atoms with van der Waals surface area (Å²) in [5.74, 6) is -0.973. The maximum absolute atomic E-state index is 13.5. The Labute approximate surface area is 215 Å². The molecule has 0 aromatic heterocycles. The van der Waals surface area contributed by atoms with Crippen LogP contribution in [0, 0.1) is 10.1 Å². The summed E-state index contributed by atoms with van der Waals surface area (Å²) < 4.78 is 26.0. The molecule has 0 saturated heterocycles. The molecule has 2 amide bonds. The predicted octanol–water partition coefficient (Wildman–Crippen LogP) is 3.49. The molecule has 1 saturated carbocycles. The first kappa shape index (κ1) is 27.4. The van der Waals surface area contributed by atoms with Gasteiger partial charge in [-0.25, -0.2) is 8.42 Å². The first-order chi connectivity index (χ1) is 17.0. The van der Waals surface area contributed by atoms with Crippen molar-refractivity contribution in [2.24, 2.45) is 0 Å². The van der Waals surface area contributed by atoms with Crippen molar-refractivity contribution in [2.75, 3.05) is 17.1 Å². The SMILES string of the molecule is C[C@H](C(=O)NC1CCCC1)N(Cc1cccc(Cl)c1)C(=O)CN(c1cccc([N+](=O)[O-])c1)S(C)(=O)=O. The number of hydrogen-bond donors (Lipinski definition) is 1. The summed E-state index contributed by atoms with van der Waals surface area (Å²) in [6.07, 6.45) is 4.70. The highest BCUT2D eigenvalue weighted by Crippen LogP contribution is 2.24. The molecule has 1 fully saturated rings. The van der Waals surface area contributed by atoms with Gasteiger partial charge in [0.15, 0.2) is 0 Å². The molecule has 0 radical (unpaired) electrons. The fourth-order valence-corrected chi connectivity index (χ4v) is 5.24. The van der Waals surface area contributed by atoms with Gasteiger partial charge < -0.3 is 10.2 Å². The number of sulfonamides is 1. The summed E-state index contributed by atoms with van der Waals surface area (Å²) in [7, 11) is -3.99. The van der Waals surface area contributed by atoms with E-state index in [1.807, 2.05) is 0 Å². The van der Waals surface area contributed by atoms with Crippen molar-refractivity contribution in [1.82, 2.24) is 10.2 Å². The molecule has 0 heterocycles. The van der Waals surface area contributed by atoms with Crippen molar-refractivity contribution in [2.45, 2.75) is 51.2 Å². The van der Waals surface area contributed by atoms with Crippen LogP contribution in [0.4, 0.5) is 11.4 Å². The number of nitro groups is 1. The van der Waals surface area contributed by atoms with Crippen molar-refractivity contribution in [3.05, 3.63) is 69.2 Å². The number of amides is 2. The number of non-ortho nitro benzene ring substituents is 1. The van der Waals surface area contributed by atoms with Gasteiger partial charge in [-0.1, -0.05) is 42.6 Å². The molecular formula is C24H29ClN4O6S. The van der Waals surface area contributed by atoms with Gasteiger partial charge in [-0.3, -0.25) is 24.0 Å². The molecule has 10 nitrogen and oxygen atoms in total. The predicted molar refractivity (Wildman–Crippen MR) is 137 cm³/mol. The monoisotopic (exact) mass is 536 g/mol. The first-order valence-corrected chi connectivity index (χ1v) is 13.7. The van der Waals surface area contributed by atoms with Gasteiger partial charge in [-0.2, -0.15) is 0 Å². The van der Waals surface area contributed by atoms with Crippen molar-refractivity contribution in [3.8, 4) is 0 Å². The number of nitrogens with one attached hydrogen (secondary N) is 1. The quantitative estimate of drug-likeness (QED) is 0.365. The second-order valence-corrected chi connectivity index (χ2v) is 11.2. The lowest BCUT2D eigenvalue weighted by Gasteiger charge is -2.32. The molecule has 3 rings (SSSR count). The van der Waals surface area contributed by atoms with Gasteiger partial charge in [-0.05, 0) is 43.5 Å². The Morgan fingerprint density at radius 1 is 1.17 bits per heavy atom. The van der Waals surface area contributed by atoms with Crippen LogP contribution < -0.4 is 9.62 Å². The maximum atomic E-state index is 13.5. The maximum Gasteiger partial charge on any atom is 0.271 e. The highest BCUT2D eigenvalue weighted by atomic mass is 35.5. The van der Waals surface area contributed by atoms with Gasteiger partial charge >= 0.3 is 0 Å². The molecule has 36 heavy (non-hydrogen) atoms. The molecule has 0 bridgehead atoms. The Kier molecular flexibility index (Phi) is 8.91. The fourth-order valence-electron chi connectivity index (χ4n) is 4.18. The third-order valence-corrected chi connectivity index (χ3v) is 7.49. The molecule has 1 aliphatic rings. The van der Waals surface area contributed by atoms with Crippen LogP contribution in [-0.2, 0) is 26.2 Å². The van der Waals surface area contributed by atoms with E-state index < -0.39 is 33.4 Å².